The van der Waals surface area contributed by atoms with E-state index in [-0.39, 0.29) is 0 Å². The molecular formula is C14H14Br2S. The Hall–Kier alpha value is -0.120. The molecule has 0 bridgehead atoms. The lowest BCUT2D eigenvalue weighted by molar-refractivity contribution is 1.17. The summed E-state index contributed by atoms with van der Waals surface area (Å²) in [6.07, 6.45) is 1.11. The summed E-state index contributed by atoms with van der Waals surface area (Å²) in [6, 6.07) is 10.8. The van der Waals surface area contributed by atoms with Gasteiger partial charge in [0.2, 0.25) is 0 Å². The van der Waals surface area contributed by atoms with E-state index in [1.165, 1.54) is 25.4 Å². The highest BCUT2D eigenvalue weighted by Gasteiger charge is 2.15. The van der Waals surface area contributed by atoms with Gasteiger partial charge < -0.3 is 0 Å². The summed E-state index contributed by atoms with van der Waals surface area (Å²) in [5.74, 6) is 0. The van der Waals surface area contributed by atoms with Crippen LogP contribution in [-0.2, 0) is 6.42 Å². The molecule has 0 N–H and O–H groups in total. The molecule has 1 aromatic heterocycles. The summed E-state index contributed by atoms with van der Waals surface area (Å²) in [5.41, 5.74) is 2.64. The van der Waals surface area contributed by atoms with E-state index < -0.39 is 0 Å². The number of rotatable bonds is 3. The van der Waals surface area contributed by atoms with Crippen molar-refractivity contribution in [2.24, 2.45) is 0 Å². The SMILES string of the molecule is CCc1ccc(C(Br)c2cccc(Br)c2C)s1. The van der Waals surface area contributed by atoms with E-state index >= 15 is 0 Å². The van der Waals surface area contributed by atoms with Crippen LogP contribution in [0.15, 0.2) is 34.8 Å². The van der Waals surface area contributed by atoms with Gasteiger partial charge in [-0.05, 0) is 42.7 Å². The summed E-state index contributed by atoms with van der Waals surface area (Å²) >= 11 is 9.29. The summed E-state index contributed by atoms with van der Waals surface area (Å²) in [4.78, 5) is 3.12. The zero-order chi connectivity index (χ0) is 12.4. The Morgan fingerprint density at radius 2 is 2.00 bits per heavy atom. The molecule has 0 aliphatic rings. The molecule has 0 spiro atoms. The maximum atomic E-state index is 3.81. The molecule has 0 nitrogen and oxygen atoms in total. The van der Waals surface area contributed by atoms with Crippen LogP contribution in [-0.4, -0.2) is 0 Å². The van der Waals surface area contributed by atoms with Gasteiger partial charge in [-0.3, -0.25) is 0 Å². The fraction of sp³-hybridized carbons (Fsp3) is 0.286. The van der Waals surface area contributed by atoms with Crippen LogP contribution in [0.5, 0.6) is 0 Å². The maximum Gasteiger partial charge on any atom is 0.0741 e. The molecule has 2 aromatic rings. The van der Waals surface area contributed by atoms with E-state index in [4.69, 9.17) is 0 Å². The fourth-order valence-corrected chi connectivity index (χ4v) is 4.03. The molecule has 90 valence electrons. The molecule has 0 saturated carbocycles. The van der Waals surface area contributed by atoms with Crippen LogP contribution in [0.1, 0.15) is 32.6 Å². The average molecular weight is 374 g/mol. The predicted octanol–water partition coefficient (Wildman–Crippen LogP) is 5.87. The lowest BCUT2D eigenvalue weighted by atomic mass is 10.1. The zero-order valence-corrected chi connectivity index (χ0v) is 13.8. The summed E-state index contributed by atoms with van der Waals surface area (Å²) in [6.45, 7) is 4.35. The van der Waals surface area contributed by atoms with Gasteiger partial charge in [0.15, 0.2) is 0 Å². The Bertz CT molecular complexity index is 517. The van der Waals surface area contributed by atoms with Gasteiger partial charge in [-0.1, -0.05) is 50.9 Å². The normalized spacial score (nSPS) is 12.7. The highest BCUT2D eigenvalue weighted by Crippen LogP contribution is 2.38. The highest BCUT2D eigenvalue weighted by molar-refractivity contribution is 9.10. The third-order valence-corrected chi connectivity index (χ3v) is 6.31. The van der Waals surface area contributed by atoms with Crippen molar-refractivity contribution < 1.29 is 0 Å². The Balaban J connectivity index is 2.36. The molecule has 0 saturated heterocycles. The molecule has 3 heteroatoms. The van der Waals surface area contributed by atoms with Crippen LogP contribution in [0.3, 0.4) is 0 Å². The van der Waals surface area contributed by atoms with E-state index in [0.717, 1.165) is 6.42 Å². The molecule has 0 amide bonds. The first-order valence-corrected chi connectivity index (χ1v) is 8.13. The Morgan fingerprint density at radius 3 is 2.65 bits per heavy atom. The summed E-state index contributed by atoms with van der Waals surface area (Å²) in [7, 11) is 0. The molecule has 0 aliphatic carbocycles. The van der Waals surface area contributed by atoms with E-state index in [1.54, 1.807) is 0 Å². The maximum absolute atomic E-state index is 3.81. The molecular weight excluding hydrogens is 360 g/mol. The van der Waals surface area contributed by atoms with Crippen molar-refractivity contribution in [2.75, 3.05) is 0 Å². The standard InChI is InChI=1S/C14H14Br2S/c1-3-10-7-8-13(17-10)14(16)11-5-4-6-12(15)9(11)2/h4-8,14H,3H2,1-2H3. The van der Waals surface area contributed by atoms with Gasteiger partial charge in [0.05, 0.1) is 4.83 Å². The third kappa shape index (κ3) is 2.83. The average Bonchev–Trinajstić information content (AvgIpc) is 2.80. The van der Waals surface area contributed by atoms with E-state index in [2.05, 4.69) is 76.0 Å². The van der Waals surface area contributed by atoms with Crippen molar-refractivity contribution in [3.63, 3.8) is 0 Å². The zero-order valence-electron chi connectivity index (χ0n) is 9.84. The minimum Gasteiger partial charge on any atom is -0.144 e. The highest BCUT2D eigenvalue weighted by atomic mass is 79.9. The molecule has 1 unspecified atom stereocenters. The minimum atomic E-state index is 0.297. The lowest BCUT2D eigenvalue weighted by Crippen LogP contribution is -1.93. The second-order valence-electron chi connectivity index (χ2n) is 3.97. The first-order valence-electron chi connectivity index (χ1n) is 5.61. The van der Waals surface area contributed by atoms with Gasteiger partial charge in [0.1, 0.15) is 0 Å². The van der Waals surface area contributed by atoms with Crippen molar-refractivity contribution in [3.05, 3.63) is 55.7 Å². The van der Waals surface area contributed by atoms with Gasteiger partial charge >= 0.3 is 0 Å². The first-order chi connectivity index (χ1) is 8.13. The summed E-state index contributed by atoms with van der Waals surface area (Å²) in [5, 5.41) is 0. The van der Waals surface area contributed by atoms with E-state index in [1.807, 2.05) is 11.3 Å². The number of aryl methyl sites for hydroxylation is 1. The van der Waals surface area contributed by atoms with Gasteiger partial charge in [-0.2, -0.15) is 0 Å². The monoisotopic (exact) mass is 372 g/mol. The van der Waals surface area contributed by atoms with Crippen LogP contribution >= 0.6 is 43.2 Å². The topological polar surface area (TPSA) is 0 Å². The van der Waals surface area contributed by atoms with E-state index in [9.17, 15) is 0 Å². The number of thiophene rings is 1. The molecule has 17 heavy (non-hydrogen) atoms. The quantitative estimate of drug-likeness (QED) is 0.590. The largest absolute Gasteiger partial charge is 0.144 e. The minimum absolute atomic E-state index is 0.297. The molecule has 1 atom stereocenters. The van der Waals surface area contributed by atoms with Crippen LogP contribution in [0.4, 0.5) is 0 Å². The Kier molecular flexibility index (Phi) is 4.45. The first kappa shape index (κ1) is 13.3. The third-order valence-electron chi connectivity index (χ3n) is 2.86. The number of benzene rings is 1. The Morgan fingerprint density at radius 1 is 1.24 bits per heavy atom. The summed E-state index contributed by atoms with van der Waals surface area (Å²) < 4.78 is 1.17. The smallest absolute Gasteiger partial charge is 0.0741 e. The molecule has 0 aliphatic heterocycles. The van der Waals surface area contributed by atoms with Crippen molar-refractivity contribution in [1.82, 2.24) is 0 Å². The van der Waals surface area contributed by atoms with Gasteiger partial charge in [0.25, 0.3) is 0 Å². The second kappa shape index (κ2) is 5.68. The van der Waals surface area contributed by atoms with Crippen LogP contribution < -0.4 is 0 Å². The fourth-order valence-electron chi connectivity index (χ4n) is 1.77. The molecule has 1 aromatic carbocycles. The number of alkyl halides is 1. The van der Waals surface area contributed by atoms with Crippen LogP contribution in [0.2, 0.25) is 0 Å². The number of hydrogen-bond donors (Lipinski definition) is 0. The van der Waals surface area contributed by atoms with Crippen LogP contribution in [0, 0.1) is 6.92 Å². The van der Waals surface area contributed by atoms with Crippen LogP contribution in [0.25, 0.3) is 0 Å². The number of hydrogen-bond acceptors (Lipinski definition) is 1. The predicted molar refractivity (Wildman–Crippen MR) is 83.3 cm³/mol. The molecule has 1 heterocycles. The molecule has 0 fully saturated rings. The van der Waals surface area contributed by atoms with Gasteiger partial charge in [-0.15, -0.1) is 11.3 Å². The van der Waals surface area contributed by atoms with E-state index in [0.29, 0.717) is 4.83 Å². The van der Waals surface area contributed by atoms with Crippen molar-refractivity contribution in [2.45, 2.75) is 25.1 Å². The van der Waals surface area contributed by atoms with Gasteiger partial charge in [0, 0.05) is 14.2 Å². The van der Waals surface area contributed by atoms with Gasteiger partial charge in [-0.25, -0.2) is 0 Å². The number of halogens is 2. The van der Waals surface area contributed by atoms with Crippen molar-refractivity contribution >= 4 is 43.2 Å². The van der Waals surface area contributed by atoms with Crippen molar-refractivity contribution in [3.8, 4) is 0 Å². The van der Waals surface area contributed by atoms with Crippen molar-refractivity contribution in [1.29, 1.82) is 0 Å². The molecule has 2 rings (SSSR count). The Labute approximate surface area is 123 Å². The molecule has 0 radical (unpaired) electrons. The lowest BCUT2D eigenvalue weighted by Gasteiger charge is -2.12. The second-order valence-corrected chi connectivity index (χ2v) is 6.94.